The highest BCUT2D eigenvalue weighted by Gasteiger charge is 2.11. The van der Waals surface area contributed by atoms with Crippen LogP contribution in [-0.4, -0.2) is 15.6 Å². The van der Waals surface area contributed by atoms with E-state index in [2.05, 4.69) is 15.9 Å². The smallest absolute Gasteiger partial charge is 0.307 e. The summed E-state index contributed by atoms with van der Waals surface area (Å²) in [5.41, 5.74) is 1.23. The van der Waals surface area contributed by atoms with Gasteiger partial charge in [0, 0.05) is 17.8 Å². The summed E-state index contributed by atoms with van der Waals surface area (Å²) >= 11 is 3.21. The first-order valence-corrected chi connectivity index (χ1v) is 9.38. The molecule has 1 N–H and O–H groups in total. The quantitative estimate of drug-likeness (QED) is 0.571. The van der Waals surface area contributed by atoms with Gasteiger partial charge in [-0.25, -0.2) is 8.78 Å². The van der Waals surface area contributed by atoms with Crippen molar-refractivity contribution < 1.29 is 23.4 Å². The fourth-order valence-electron chi connectivity index (χ4n) is 2.77. The van der Waals surface area contributed by atoms with E-state index in [9.17, 15) is 18.4 Å². The summed E-state index contributed by atoms with van der Waals surface area (Å²) in [6, 6.07) is 11.7. The molecule has 0 bridgehead atoms. The zero-order valence-corrected chi connectivity index (χ0v) is 16.7. The molecule has 1 heterocycles. The van der Waals surface area contributed by atoms with Crippen LogP contribution in [-0.2, 0) is 24.4 Å². The number of carbonyl (C=O) groups is 1. The Morgan fingerprint density at radius 2 is 1.86 bits per heavy atom. The number of pyridine rings is 1. The van der Waals surface area contributed by atoms with E-state index >= 15 is 0 Å². The largest absolute Gasteiger partial charge is 0.487 e. The SMILES string of the molecule is O=C(O)Cc1cccc(Cn2ccc(OCc3ccc(F)cc3F)c(Br)c2=O)c1. The molecule has 0 amide bonds. The fraction of sp³-hybridized carbons (Fsp3) is 0.143. The van der Waals surface area contributed by atoms with Crippen LogP contribution in [0.1, 0.15) is 16.7 Å². The van der Waals surface area contributed by atoms with E-state index in [4.69, 9.17) is 9.84 Å². The van der Waals surface area contributed by atoms with Gasteiger partial charge in [-0.2, -0.15) is 0 Å². The molecule has 150 valence electrons. The average molecular weight is 464 g/mol. The Kier molecular flexibility index (Phi) is 6.43. The van der Waals surface area contributed by atoms with Crippen LogP contribution in [0, 0.1) is 11.6 Å². The van der Waals surface area contributed by atoms with Crippen molar-refractivity contribution in [2.24, 2.45) is 0 Å². The third-order valence-electron chi connectivity index (χ3n) is 4.17. The predicted octanol–water partition coefficient (Wildman–Crippen LogP) is 4.14. The van der Waals surface area contributed by atoms with Crippen LogP contribution in [0.25, 0.3) is 0 Å². The number of hydrogen-bond donors (Lipinski definition) is 1. The second kappa shape index (κ2) is 9.00. The molecule has 0 atom stereocenters. The lowest BCUT2D eigenvalue weighted by molar-refractivity contribution is -0.136. The van der Waals surface area contributed by atoms with E-state index in [1.54, 1.807) is 30.3 Å². The second-order valence-electron chi connectivity index (χ2n) is 6.34. The molecule has 0 spiro atoms. The Morgan fingerprint density at radius 3 is 2.59 bits per heavy atom. The highest BCUT2D eigenvalue weighted by atomic mass is 79.9. The first-order valence-electron chi connectivity index (χ1n) is 8.59. The van der Waals surface area contributed by atoms with Gasteiger partial charge in [-0.1, -0.05) is 24.3 Å². The van der Waals surface area contributed by atoms with Crippen LogP contribution in [0.15, 0.2) is 64.0 Å². The molecule has 0 aliphatic carbocycles. The predicted molar refractivity (Wildman–Crippen MR) is 106 cm³/mol. The number of benzene rings is 2. The van der Waals surface area contributed by atoms with Crippen LogP contribution in [0.3, 0.4) is 0 Å². The summed E-state index contributed by atoms with van der Waals surface area (Å²) in [7, 11) is 0. The topological polar surface area (TPSA) is 68.5 Å². The van der Waals surface area contributed by atoms with Crippen molar-refractivity contribution in [2.75, 3.05) is 0 Å². The first kappa shape index (κ1) is 20.7. The molecule has 0 unspecified atom stereocenters. The molecular weight excluding hydrogens is 448 g/mol. The minimum absolute atomic E-state index is 0.0981. The van der Waals surface area contributed by atoms with Gasteiger partial charge < -0.3 is 14.4 Å². The number of aromatic nitrogens is 1. The first-order chi connectivity index (χ1) is 13.8. The lowest BCUT2D eigenvalue weighted by atomic mass is 10.1. The molecule has 0 saturated carbocycles. The number of halogens is 3. The normalized spacial score (nSPS) is 10.7. The van der Waals surface area contributed by atoms with Crippen molar-refractivity contribution in [3.05, 3.63) is 97.9 Å². The highest BCUT2D eigenvalue weighted by molar-refractivity contribution is 9.10. The Bertz CT molecular complexity index is 1110. The van der Waals surface area contributed by atoms with Crippen molar-refractivity contribution in [1.29, 1.82) is 0 Å². The molecule has 29 heavy (non-hydrogen) atoms. The van der Waals surface area contributed by atoms with Gasteiger partial charge in [-0.15, -0.1) is 0 Å². The second-order valence-corrected chi connectivity index (χ2v) is 7.13. The van der Waals surface area contributed by atoms with E-state index in [0.717, 1.165) is 17.7 Å². The standard InChI is InChI=1S/C21H16BrF2NO4/c22-20-18(29-12-15-4-5-16(23)10-17(15)24)6-7-25(21(20)28)11-14-3-1-2-13(8-14)9-19(26)27/h1-8,10H,9,11-12H2,(H,26,27). The number of nitrogens with zero attached hydrogens (tertiary/aromatic N) is 1. The zero-order chi connectivity index (χ0) is 21.0. The van der Waals surface area contributed by atoms with E-state index < -0.39 is 17.6 Å². The lowest BCUT2D eigenvalue weighted by Gasteiger charge is -2.12. The minimum atomic E-state index is -0.929. The van der Waals surface area contributed by atoms with Crippen LogP contribution in [0.2, 0.25) is 0 Å². The maximum absolute atomic E-state index is 13.7. The Hall–Kier alpha value is -3.00. The molecule has 0 saturated heterocycles. The summed E-state index contributed by atoms with van der Waals surface area (Å²) in [6.07, 6.45) is 1.44. The maximum Gasteiger partial charge on any atom is 0.307 e. The molecular formula is C21H16BrF2NO4. The van der Waals surface area contributed by atoms with E-state index in [0.29, 0.717) is 5.56 Å². The van der Waals surface area contributed by atoms with Crippen molar-refractivity contribution in [3.63, 3.8) is 0 Å². The minimum Gasteiger partial charge on any atom is -0.487 e. The molecule has 2 aromatic carbocycles. The third kappa shape index (κ3) is 5.29. The van der Waals surface area contributed by atoms with Crippen LogP contribution in [0.5, 0.6) is 5.75 Å². The molecule has 0 fully saturated rings. The summed E-state index contributed by atoms with van der Waals surface area (Å²) in [4.78, 5) is 23.5. The summed E-state index contributed by atoms with van der Waals surface area (Å²) in [5, 5.41) is 8.90. The number of rotatable bonds is 7. The van der Waals surface area contributed by atoms with E-state index in [1.807, 2.05) is 0 Å². The Labute approximate surface area is 173 Å². The molecule has 0 aliphatic heterocycles. The van der Waals surface area contributed by atoms with Gasteiger partial charge in [0.15, 0.2) is 0 Å². The average Bonchev–Trinajstić information content (AvgIpc) is 2.66. The highest BCUT2D eigenvalue weighted by Crippen LogP contribution is 2.22. The third-order valence-corrected chi connectivity index (χ3v) is 4.90. The van der Waals surface area contributed by atoms with Gasteiger partial charge in [0.05, 0.1) is 13.0 Å². The molecule has 3 aromatic rings. The van der Waals surface area contributed by atoms with Crippen molar-refractivity contribution in [3.8, 4) is 5.75 Å². The Morgan fingerprint density at radius 1 is 1.10 bits per heavy atom. The van der Waals surface area contributed by atoms with E-state index in [1.165, 1.54) is 16.8 Å². The molecule has 0 aliphatic rings. The number of ether oxygens (including phenoxy) is 1. The van der Waals surface area contributed by atoms with Gasteiger partial charge in [0.1, 0.15) is 28.5 Å². The zero-order valence-electron chi connectivity index (χ0n) is 15.1. The summed E-state index contributed by atoms with van der Waals surface area (Å²) in [5.74, 6) is -2.10. The van der Waals surface area contributed by atoms with Gasteiger partial charge >= 0.3 is 5.97 Å². The fourth-order valence-corrected chi connectivity index (χ4v) is 3.24. The Balaban J connectivity index is 1.75. The molecule has 8 heteroatoms. The van der Waals surface area contributed by atoms with Crippen LogP contribution >= 0.6 is 15.9 Å². The van der Waals surface area contributed by atoms with Crippen molar-refractivity contribution in [2.45, 2.75) is 19.6 Å². The molecule has 5 nitrogen and oxygen atoms in total. The number of aliphatic carboxylic acids is 1. The number of hydrogen-bond acceptors (Lipinski definition) is 3. The number of carboxylic acid groups (broad SMARTS) is 1. The van der Waals surface area contributed by atoms with Crippen molar-refractivity contribution in [1.82, 2.24) is 4.57 Å². The van der Waals surface area contributed by atoms with Crippen molar-refractivity contribution >= 4 is 21.9 Å². The maximum atomic E-state index is 13.7. The molecule has 3 rings (SSSR count). The molecule has 1 aromatic heterocycles. The van der Waals surface area contributed by atoms with E-state index in [-0.39, 0.29) is 40.9 Å². The monoisotopic (exact) mass is 463 g/mol. The van der Waals surface area contributed by atoms with Gasteiger partial charge in [-0.3, -0.25) is 9.59 Å². The summed E-state index contributed by atoms with van der Waals surface area (Å²) < 4.78 is 33.8. The summed E-state index contributed by atoms with van der Waals surface area (Å²) in [6.45, 7) is 0.0865. The molecule has 0 radical (unpaired) electrons. The lowest BCUT2D eigenvalue weighted by Crippen LogP contribution is -2.21. The van der Waals surface area contributed by atoms with Gasteiger partial charge in [0.2, 0.25) is 0 Å². The van der Waals surface area contributed by atoms with Crippen LogP contribution in [0.4, 0.5) is 8.78 Å². The van der Waals surface area contributed by atoms with Gasteiger partial charge in [0.25, 0.3) is 5.56 Å². The van der Waals surface area contributed by atoms with Crippen LogP contribution < -0.4 is 10.3 Å². The van der Waals surface area contributed by atoms with Gasteiger partial charge in [-0.05, 0) is 45.3 Å². The number of carboxylic acids is 1.